The zero-order valence-electron chi connectivity index (χ0n) is 10.1. The average Bonchev–Trinajstić information content (AvgIpc) is 2.34. The summed E-state index contributed by atoms with van der Waals surface area (Å²) in [5, 5.41) is 8.82. The summed E-state index contributed by atoms with van der Waals surface area (Å²) < 4.78 is 4.47. The van der Waals surface area contributed by atoms with Gasteiger partial charge in [0.15, 0.2) is 11.8 Å². The van der Waals surface area contributed by atoms with E-state index in [2.05, 4.69) is 9.73 Å². The molecule has 0 radical (unpaired) electrons. The number of carboxylic acid groups (broad SMARTS) is 1. The van der Waals surface area contributed by atoms with Crippen molar-refractivity contribution in [3.8, 4) is 0 Å². The van der Waals surface area contributed by atoms with Gasteiger partial charge in [-0.05, 0) is 24.6 Å². The summed E-state index contributed by atoms with van der Waals surface area (Å²) >= 11 is 0. The van der Waals surface area contributed by atoms with Gasteiger partial charge in [-0.15, -0.1) is 0 Å². The number of aliphatic imine (C=N–C) groups is 1. The fourth-order valence-corrected chi connectivity index (χ4v) is 1.30. The van der Waals surface area contributed by atoms with Gasteiger partial charge >= 0.3 is 11.9 Å². The van der Waals surface area contributed by atoms with Crippen molar-refractivity contribution in [2.45, 2.75) is 13.0 Å². The van der Waals surface area contributed by atoms with E-state index in [9.17, 15) is 9.59 Å². The molecule has 0 bridgehead atoms. The highest BCUT2D eigenvalue weighted by atomic mass is 16.5. The van der Waals surface area contributed by atoms with Crippen molar-refractivity contribution in [1.29, 1.82) is 0 Å². The lowest BCUT2D eigenvalue weighted by Gasteiger charge is -2.08. The molecule has 0 spiro atoms. The second-order valence-electron chi connectivity index (χ2n) is 3.64. The van der Waals surface area contributed by atoms with E-state index >= 15 is 0 Å². The molecule has 18 heavy (non-hydrogen) atoms. The molecule has 1 rings (SSSR count). The molecular formula is C12H14N2O4. The van der Waals surface area contributed by atoms with E-state index in [1.165, 1.54) is 0 Å². The Bertz CT molecular complexity index is 497. The van der Waals surface area contributed by atoms with Gasteiger partial charge in [0.1, 0.15) is 0 Å². The number of nitrogens with zero attached hydrogens (tertiary/aromatic N) is 1. The molecule has 0 aliphatic heterocycles. The maximum atomic E-state index is 11.5. The van der Waals surface area contributed by atoms with E-state index < -0.39 is 18.0 Å². The number of hydrogen-bond acceptors (Lipinski definition) is 5. The molecule has 1 atom stereocenters. The Morgan fingerprint density at radius 3 is 2.61 bits per heavy atom. The number of benzene rings is 1. The minimum Gasteiger partial charge on any atom is -0.480 e. The Hall–Kier alpha value is -2.21. The summed E-state index contributed by atoms with van der Waals surface area (Å²) in [6.07, 6.45) is 0. The molecule has 0 aliphatic carbocycles. The molecule has 1 aromatic rings. The highest BCUT2D eigenvalue weighted by Crippen LogP contribution is 2.14. The molecule has 96 valence electrons. The first-order chi connectivity index (χ1) is 8.45. The van der Waals surface area contributed by atoms with Gasteiger partial charge in [-0.1, -0.05) is 12.1 Å². The second-order valence-corrected chi connectivity index (χ2v) is 3.64. The molecule has 0 fully saturated rings. The van der Waals surface area contributed by atoms with Crippen molar-refractivity contribution in [3.05, 3.63) is 29.8 Å². The molecule has 3 N–H and O–H groups in total. The molecule has 0 saturated carbocycles. The lowest BCUT2D eigenvalue weighted by Crippen LogP contribution is -2.43. The smallest absolute Gasteiger partial charge is 0.354 e. The molecule has 0 amide bonds. The first-order valence-corrected chi connectivity index (χ1v) is 5.17. The van der Waals surface area contributed by atoms with Gasteiger partial charge in [0.05, 0.1) is 12.8 Å². The third kappa shape index (κ3) is 3.39. The zero-order valence-corrected chi connectivity index (χ0v) is 10.1. The number of carbonyl (C=O) groups excluding carboxylic acids is 1. The number of carboxylic acids is 1. The summed E-state index contributed by atoms with van der Waals surface area (Å²) in [5.41, 5.74) is 6.44. The lowest BCUT2D eigenvalue weighted by molar-refractivity contribution is -0.139. The minimum absolute atomic E-state index is 0.337. The highest BCUT2D eigenvalue weighted by molar-refractivity contribution is 6.42. The van der Waals surface area contributed by atoms with Crippen molar-refractivity contribution in [2.24, 2.45) is 10.7 Å². The van der Waals surface area contributed by atoms with Crippen molar-refractivity contribution < 1.29 is 19.4 Å². The van der Waals surface area contributed by atoms with E-state index in [1.807, 2.05) is 13.0 Å². The number of ether oxygens (including phenoxy) is 1. The molecule has 1 unspecified atom stereocenters. The number of methoxy groups -OCH3 is 1. The van der Waals surface area contributed by atoms with Gasteiger partial charge in [0, 0.05) is 0 Å². The number of esters is 1. The maximum Gasteiger partial charge on any atom is 0.354 e. The summed E-state index contributed by atoms with van der Waals surface area (Å²) in [6, 6.07) is 5.43. The largest absolute Gasteiger partial charge is 0.480 e. The van der Waals surface area contributed by atoms with E-state index in [0.717, 1.165) is 12.7 Å². The predicted octanol–water partition coefficient (Wildman–Crippen LogP) is 0.652. The van der Waals surface area contributed by atoms with Crippen LogP contribution in [0.1, 0.15) is 5.56 Å². The van der Waals surface area contributed by atoms with Crippen LogP contribution in [0, 0.1) is 6.92 Å². The van der Waals surface area contributed by atoms with E-state index in [0.29, 0.717) is 5.69 Å². The van der Waals surface area contributed by atoms with Crippen LogP contribution >= 0.6 is 0 Å². The average molecular weight is 250 g/mol. The van der Waals surface area contributed by atoms with Crippen molar-refractivity contribution in [1.82, 2.24) is 0 Å². The van der Waals surface area contributed by atoms with Crippen LogP contribution in [0.4, 0.5) is 5.69 Å². The van der Waals surface area contributed by atoms with Gasteiger partial charge in [-0.2, -0.15) is 0 Å². The molecule has 0 heterocycles. The van der Waals surface area contributed by atoms with Crippen LogP contribution < -0.4 is 5.73 Å². The molecule has 6 nitrogen and oxygen atoms in total. The van der Waals surface area contributed by atoms with Crippen molar-refractivity contribution in [3.63, 3.8) is 0 Å². The summed E-state index contributed by atoms with van der Waals surface area (Å²) in [5.74, 6) is -2.20. The molecular weight excluding hydrogens is 236 g/mol. The van der Waals surface area contributed by atoms with Crippen LogP contribution in [0.15, 0.2) is 29.3 Å². The number of nitrogens with two attached hydrogens (primary N) is 1. The quantitative estimate of drug-likeness (QED) is 0.603. The number of hydrogen-bond donors (Lipinski definition) is 2. The van der Waals surface area contributed by atoms with Crippen LogP contribution in [-0.2, 0) is 14.3 Å². The number of aliphatic carboxylic acids is 1. The predicted molar refractivity (Wildman–Crippen MR) is 65.9 cm³/mol. The first kappa shape index (κ1) is 13.9. The van der Waals surface area contributed by atoms with Gasteiger partial charge in [-0.3, -0.25) is 4.79 Å². The maximum absolute atomic E-state index is 11.5. The molecule has 0 aromatic heterocycles. The summed E-state index contributed by atoms with van der Waals surface area (Å²) in [6.45, 7) is 1.86. The van der Waals surface area contributed by atoms with Crippen LogP contribution in [0.25, 0.3) is 0 Å². The highest BCUT2D eigenvalue weighted by Gasteiger charge is 2.26. The summed E-state index contributed by atoms with van der Waals surface area (Å²) in [7, 11) is 1.14. The second kappa shape index (κ2) is 5.92. The van der Waals surface area contributed by atoms with Gasteiger partial charge in [0.2, 0.25) is 0 Å². The SMILES string of the molecule is COC(=O)C(=Nc1cccc(C)c1)C(N)C(=O)O. The fourth-order valence-electron chi connectivity index (χ4n) is 1.30. The Kier molecular flexibility index (Phi) is 4.56. The lowest BCUT2D eigenvalue weighted by atomic mass is 10.1. The van der Waals surface area contributed by atoms with Gasteiger partial charge < -0.3 is 15.6 Å². The minimum atomic E-state index is -1.52. The Morgan fingerprint density at radius 1 is 1.44 bits per heavy atom. The summed E-state index contributed by atoms with van der Waals surface area (Å²) in [4.78, 5) is 26.2. The molecule has 6 heteroatoms. The van der Waals surface area contributed by atoms with E-state index in [-0.39, 0.29) is 5.71 Å². The van der Waals surface area contributed by atoms with Gasteiger partial charge in [-0.25, -0.2) is 9.79 Å². The first-order valence-electron chi connectivity index (χ1n) is 5.17. The van der Waals surface area contributed by atoms with E-state index in [1.54, 1.807) is 18.2 Å². The Balaban J connectivity index is 3.18. The van der Waals surface area contributed by atoms with Crippen molar-refractivity contribution in [2.75, 3.05) is 7.11 Å². The monoisotopic (exact) mass is 250 g/mol. The number of rotatable bonds is 4. The standard InChI is InChI=1S/C12H14N2O4/c1-7-4-3-5-8(6-7)14-10(12(17)18-2)9(13)11(15)16/h3-6,9H,13H2,1-2H3,(H,15,16). The molecule has 0 aliphatic rings. The number of aryl methyl sites for hydroxylation is 1. The Morgan fingerprint density at radius 2 is 2.11 bits per heavy atom. The molecule has 1 aromatic carbocycles. The van der Waals surface area contributed by atoms with Crippen LogP contribution in [0.3, 0.4) is 0 Å². The van der Waals surface area contributed by atoms with Crippen LogP contribution in [0.2, 0.25) is 0 Å². The topological polar surface area (TPSA) is 102 Å². The third-order valence-corrected chi connectivity index (χ3v) is 2.21. The molecule has 0 saturated heterocycles. The van der Waals surface area contributed by atoms with E-state index in [4.69, 9.17) is 10.8 Å². The van der Waals surface area contributed by atoms with Gasteiger partial charge in [0.25, 0.3) is 0 Å². The van der Waals surface area contributed by atoms with Crippen LogP contribution in [0.5, 0.6) is 0 Å². The third-order valence-electron chi connectivity index (χ3n) is 2.21. The number of carbonyl (C=O) groups is 2. The van der Waals surface area contributed by atoms with Crippen molar-refractivity contribution >= 4 is 23.3 Å². The Labute approximate surface area is 104 Å². The fraction of sp³-hybridized carbons (Fsp3) is 0.250. The van der Waals surface area contributed by atoms with Crippen LogP contribution in [-0.4, -0.2) is 35.9 Å². The normalized spacial score (nSPS) is 12.9. The zero-order chi connectivity index (χ0) is 13.7.